The summed E-state index contributed by atoms with van der Waals surface area (Å²) in [6, 6.07) is 12.7. The molecule has 3 aromatic heterocycles. The van der Waals surface area contributed by atoms with E-state index >= 15 is 0 Å². The van der Waals surface area contributed by atoms with E-state index in [0.717, 1.165) is 37.0 Å². The van der Waals surface area contributed by atoms with Crippen LogP contribution in [0.3, 0.4) is 0 Å². The van der Waals surface area contributed by atoms with Gasteiger partial charge >= 0.3 is 0 Å². The molecule has 2 atom stereocenters. The number of alkyl halides is 1. The number of aromatic nitrogens is 4. The van der Waals surface area contributed by atoms with Crippen molar-refractivity contribution < 1.29 is 18.7 Å². The summed E-state index contributed by atoms with van der Waals surface area (Å²) in [5.74, 6) is 0.670. The number of anilines is 3. The minimum atomic E-state index is -1.04. The molecule has 2 aliphatic rings. The van der Waals surface area contributed by atoms with Crippen molar-refractivity contribution in [3.05, 3.63) is 76.5 Å². The highest BCUT2D eigenvalue weighted by molar-refractivity contribution is 5.94. The van der Waals surface area contributed by atoms with Gasteiger partial charge in [-0.1, -0.05) is 12.1 Å². The van der Waals surface area contributed by atoms with E-state index < -0.39 is 18.1 Å². The number of carbonyl (C=O) groups excluding carboxylic acids is 1. The van der Waals surface area contributed by atoms with Gasteiger partial charge in [-0.15, -0.1) is 5.10 Å². The van der Waals surface area contributed by atoms with E-state index in [-0.39, 0.29) is 23.4 Å². The Morgan fingerprint density at radius 2 is 1.88 bits per heavy atom. The second-order valence-corrected chi connectivity index (χ2v) is 11.3. The number of imidazole rings is 1. The molecule has 0 spiro atoms. The van der Waals surface area contributed by atoms with Crippen molar-refractivity contribution in [3.63, 3.8) is 0 Å². The molecule has 2 fully saturated rings. The van der Waals surface area contributed by atoms with Gasteiger partial charge in [-0.3, -0.25) is 9.59 Å². The Hall–Kier alpha value is -4.45. The molecule has 0 radical (unpaired) electrons. The molecule has 2 saturated carbocycles. The third-order valence-corrected chi connectivity index (χ3v) is 8.31. The van der Waals surface area contributed by atoms with Crippen LogP contribution in [0, 0.1) is 0 Å². The maximum atomic E-state index is 13.6. The second kappa shape index (κ2) is 12.0. The lowest BCUT2D eigenvalue weighted by Gasteiger charge is -2.29. The van der Waals surface area contributed by atoms with Crippen molar-refractivity contribution in [1.29, 1.82) is 0 Å². The Morgan fingerprint density at radius 1 is 1.14 bits per heavy atom. The standard InChI is InChI=1S/C31H36FN7O4/c1-37(18-19-6-10-21(42-2)11-7-19)26-16-28(36-39-27(17-33-29(26)39)30(40)35-25-15-23(25)32)34-24-5-4-14-38(31(24)41)20-8-12-22(43-3)13-9-20/h4-7,10-11,14,16-17,20,22-23,25H,8-9,12-13,15,18H2,1-3H3,(H,34,36)(H,35,40)/t20?,22?,23-,25+/m0/s1. The smallest absolute Gasteiger partial charge is 0.274 e. The summed E-state index contributed by atoms with van der Waals surface area (Å²) < 4.78 is 27.6. The van der Waals surface area contributed by atoms with Gasteiger partial charge in [-0.2, -0.15) is 0 Å². The number of hydrogen-bond donors (Lipinski definition) is 2. The number of carbonyl (C=O) groups is 1. The van der Waals surface area contributed by atoms with E-state index in [1.807, 2.05) is 54.5 Å². The number of amides is 1. The van der Waals surface area contributed by atoms with Crippen LogP contribution in [0.1, 0.15) is 54.2 Å². The molecule has 0 unspecified atom stereocenters. The first-order chi connectivity index (χ1) is 20.8. The van der Waals surface area contributed by atoms with Crippen LogP contribution in [0.15, 0.2) is 59.7 Å². The van der Waals surface area contributed by atoms with E-state index in [2.05, 4.69) is 20.7 Å². The van der Waals surface area contributed by atoms with E-state index in [1.165, 1.54) is 10.7 Å². The lowest BCUT2D eigenvalue weighted by molar-refractivity contribution is 0.0580. The summed E-state index contributed by atoms with van der Waals surface area (Å²) in [6.07, 6.45) is 6.29. The molecule has 6 rings (SSSR count). The van der Waals surface area contributed by atoms with Gasteiger partial charge in [-0.05, 0) is 55.5 Å². The van der Waals surface area contributed by atoms with Crippen LogP contribution < -0.4 is 25.8 Å². The predicted molar refractivity (Wildman–Crippen MR) is 161 cm³/mol. The van der Waals surface area contributed by atoms with Crippen LogP contribution in [0.4, 0.5) is 21.6 Å². The molecule has 0 bridgehead atoms. The number of halogens is 1. The molecule has 226 valence electrons. The van der Waals surface area contributed by atoms with Crippen LogP contribution in [0.2, 0.25) is 0 Å². The van der Waals surface area contributed by atoms with Crippen molar-refractivity contribution in [3.8, 4) is 5.75 Å². The number of nitrogens with zero attached hydrogens (tertiary/aromatic N) is 5. The van der Waals surface area contributed by atoms with Crippen molar-refractivity contribution in [2.24, 2.45) is 0 Å². The lowest BCUT2D eigenvalue weighted by Crippen LogP contribution is -2.30. The van der Waals surface area contributed by atoms with Gasteiger partial charge in [0, 0.05) is 45.4 Å². The highest BCUT2D eigenvalue weighted by Gasteiger charge is 2.39. The fraction of sp³-hybridized carbons (Fsp3) is 0.419. The van der Waals surface area contributed by atoms with Gasteiger partial charge in [0.25, 0.3) is 11.5 Å². The fourth-order valence-electron chi connectivity index (χ4n) is 5.68. The summed E-state index contributed by atoms with van der Waals surface area (Å²) in [6.45, 7) is 0.533. The predicted octanol–water partition coefficient (Wildman–Crippen LogP) is 4.25. The lowest BCUT2D eigenvalue weighted by atomic mass is 9.92. The molecule has 1 amide bonds. The molecule has 12 heteroatoms. The summed E-state index contributed by atoms with van der Waals surface area (Å²) in [4.78, 5) is 33.1. The molecule has 43 heavy (non-hydrogen) atoms. The fourth-order valence-corrected chi connectivity index (χ4v) is 5.68. The number of pyridine rings is 1. The van der Waals surface area contributed by atoms with Gasteiger partial charge < -0.3 is 29.6 Å². The third-order valence-electron chi connectivity index (χ3n) is 8.31. The van der Waals surface area contributed by atoms with E-state index in [9.17, 15) is 14.0 Å². The maximum absolute atomic E-state index is 13.6. The zero-order valence-electron chi connectivity index (χ0n) is 24.5. The number of rotatable bonds is 10. The van der Waals surface area contributed by atoms with Crippen LogP contribution >= 0.6 is 0 Å². The molecule has 3 heterocycles. The maximum Gasteiger partial charge on any atom is 0.274 e. The number of ether oxygens (including phenoxy) is 2. The van der Waals surface area contributed by atoms with Crippen LogP contribution in [0.25, 0.3) is 5.65 Å². The Labute approximate surface area is 248 Å². The second-order valence-electron chi connectivity index (χ2n) is 11.3. The topological polar surface area (TPSA) is 115 Å². The molecule has 2 aliphatic carbocycles. The zero-order valence-corrected chi connectivity index (χ0v) is 24.5. The third kappa shape index (κ3) is 6.05. The minimum absolute atomic E-state index is 0.0907. The van der Waals surface area contributed by atoms with E-state index in [0.29, 0.717) is 35.8 Å². The van der Waals surface area contributed by atoms with Gasteiger partial charge in [0.15, 0.2) is 17.2 Å². The summed E-state index contributed by atoms with van der Waals surface area (Å²) in [5, 5.41) is 10.6. The number of fused-ring (bicyclic) bond motifs is 1. The number of nitrogens with one attached hydrogen (secondary N) is 2. The summed E-state index contributed by atoms with van der Waals surface area (Å²) in [5.41, 5.74) is 2.59. The highest BCUT2D eigenvalue weighted by Crippen LogP contribution is 2.30. The molecule has 4 aromatic rings. The van der Waals surface area contributed by atoms with E-state index in [4.69, 9.17) is 9.47 Å². The molecular weight excluding hydrogens is 553 g/mol. The normalized spacial score (nSPS) is 21.4. The average Bonchev–Trinajstić information content (AvgIpc) is 3.54. The first-order valence-corrected chi connectivity index (χ1v) is 14.5. The Kier molecular flexibility index (Phi) is 8.02. The van der Waals surface area contributed by atoms with Gasteiger partial charge in [0.1, 0.15) is 17.6 Å². The Morgan fingerprint density at radius 3 is 2.56 bits per heavy atom. The number of methoxy groups -OCH3 is 2. The van der Waals surface area contributed by atoms with Crippen molar-refractivity contribution >= 4 is 28.7 Å². The first-order valence-electron chi connectivity index (χ1n) is 14.5. The molecule has 0 aliphatic heterocycles. The monoisotopic (exact) mass is 589 g/mol. The molecule has 1 aromatic carbocycles. The number of hydrogen-bond acceptors (Lipinski definition) is 8. The quantitative estimate of drug-likeness (QED) is 0.282. The highest BCUT2D eigenvalue weighted by atomic mass is 19.1. The van der Waals surface area contributed by atoms with Crippen LogP contribution in [-0.4, -0.2) is 64.7 Å². The molecular formula is C31H36FN7O4. The summed E-state index contributed by atoms with van der Waals surface area (Å²) in [7, 11) is 5.27. The SMILES string of the molecule is COc1ccc(CN(C)c2cc(Nc3cccn(C4CCC(OC)CC4)c3=O)nn3c(C(=O)N[C@@H]4C[C@@H]4F)cnc23)cc1. The van der Waals surface area contributed by atoms with Crippen LogP contribution in [0.5, 0.6) is 5.75 Å². The number of benzene rings is 1. The largest absolute Gasteiger partial charge is 0.497 e. The first kappa shape index (κ1) is 28.7. The van der Waals surface area contributed by atoms with E-state index in [1.54, 1.807) is 24.9 Å². The van der Waals surface area contributed by atoms with Crippen molar-refractivity contribution in [2.45, 2.75) is 63.0 Å². The minimum Gasteiger partial charge on any atom is -0.497 e. The van der Waals surface area contributed by atoms with Crippen molar-refractivity contribution in [2.75, 3.05) is 31.5 Å². The van der Waals surface area contributed by atoms with Crippen molar-refractivity contribution in [1.82, 2.24) is 24.5 Å². The molecule has 2 N–H and O–H groups in total. The van der Waals surface area contributed by atoms with Crippen LogP contribution in [-0.2, 0) is 11.3 Å². The average molecular weight is 590 g/mol. The van der Waals surface area contributed by atoms with Gasteiger partial charge in [-0.25, -0.2) is 13.9 Å². The Balaban J connectivity index is 1.33. The van der Waals surface area contributed by atoms with Gasteiger partial charge in [0.2, 0.25) is 0 Å². The molecule has 0 saturated heterocycles. The molecule has 11 nitrogen and oxygen atoms in total. The zero-order chi connectivity index (χ0) is 30.1. The summed E-state index contributed by atoms with van der Waals surface area (Å²) >= 11 is 0. The Bertz CT molecular complexity index is 1660. The van der Waals surface area contributed by atoms with Gasteiger partial charge in [0.05, 0.1) is 31.1 Å².